The van der Waals surface area contributed by atoms with Crippen LogP contribution in [-0.2, 0) is 21.2 Å². The van der Waals surface area contributed by atoms with E-state index in [0.29, 0.717) is 37.0 Å². The van der Waals surface area contributed by atoms with Gasteiger partial charge in [0.2, 0.25) is 27.6 Å². The maximum atomic E-state index is 12.6. The third-order valence-corrected chi connectivity index (χ3v) is 6.94. The van der Waals surface area contributed by atoms with Crippen LogP contribution in [0.2, 0.25) is 0 Å². The van der Waals surface area contributed by atoms with Crippen molar-refractivity contribution in [2.24, 2.45) is 0 Å². The molecule has 0 fully saturated rings. The van der Waals surface area contributed by atoms with Gasteiger partial charge in [-0.1, -0.05) is 31.1 Å². The maximum Gasteiger partial charge on any atom is 0.243 e. The van der Waals surface area contributed by atoms with Crippen molar-refractivity contribution in [3.8, 4) is 11.6 Å². The van der Waals surface area contributed by atoms with Crippen LogP contribution in [0.15, 0.2) is 56.5 Å². The number of carbonyl (C=O) groups excluding carboxylic acids is 1. The van der Waals surface area contributed by atoms with Gasteiger partial charge in [-0.25, -0.2) is 8.42 Å². The molecule has 166 valence electrons. The van der Waals surface area contributed by atoms with E-state index < -0.39 is 10.0 Å². The number of aromatic nitrogens is 2. The third-order valence-electron chi connectivity index (χ3n) is 4.88. The first-order valence-corrected chi connectivity index (χ1v) is 11.5. The van der Waals surface area contributed by atoms with Gasteiger partial charge in [-0.05, 0) is 36.8 Å². The van der Waals surface area contributed by atoms with Gasteiger partial charge in [0.25, 0.3) is 0 Å². The Morgan fingerprint density at radius 2 is 1.87 bits per heavy atom. The molecule has 2 heterocycles. The van der Waals surface area contributed by atoms with Crippen LogP contribution in [0.5, 0.6) is 0 Å². The van der Waals surface area contributed by atoms with E-state index in [1.165, 1.54) is 10.6 Å². The van der Waals surface area contributed by atoms with E-state index in [4.69, 9.17) is 8.94 Å². The second-order valence-electron chi connectivity index (χ2n) is 6.94. The van der Waals surface area contributed by atoms with Gasteiger partial charge in [-0.2, -0.15) is 9.29 Å². The summed E-state index contributed by atoms with van der Waals surface area (Å²) >= 11 is 0. The topological polar surface area (TPSA) is 119 Å². The second kappa shape index (κ2) is 9.88. The maximum absolute atomic E-state index is 12.6. The van der Waals surface area contributed by atoms with E-state index in [1.807, 2.05) is 6.92 Å². The molecular weight excluding hydrogens is 420 g/mol. The summed E-state index contributed by atoms with van der Waals surface area (Å²) in [5, 5.41) is 6.73. The van der Waals surface area contributed by atoms with Crippen LogP contribution in [-0.4, -0.2) is 41.9 Å². The molecule has 10 heteroatoms. The Morgan fingerprint density at radius 3 is 2.48 bits per heavy atom. The summed E-state index contributed by atoms with van der Waals surface area (Å²) in [6, 6.07) is 9.75. The summed E-state index contributed by atoms with van der Waals surface area (Å²) in [6.07, 6.45) is 2.00. The van der Waals surface area contributed by atoms with Crippen LogP contribution >= 0.6 is 0 Å². The number of aryl methyl sites for hydroxylation is 1. The summed E-state index contributed by atoms with van der Waals surface area (Å²) in [6.45, 7) is 6.28. The predicted molar refractivity (Wildman–Crippen MR) is 113 cm³/mol. The van der Waals surface area contributed by atoms with Crippen molar-refractivity contribution in [1.82, 2.24) is 19.8 Å². The van der Waals surface area contributed by atoms with Crippen molar-refractivity contribution in [3.63, 3.8) is 0 Å². The Bertz CT molecular complexity index is 1090. The van der Waals surface area contributed by atoms with Crippen molar-refractivity contribution in [1.29, 1.82) is 0 Å². The summed E-state index contributed by atoms with van der Waals surface area (Å²) in [5.41, 5.74) is 0.810. The molecule has 31 heavy (non-hydrogen) atoms. The monoisotopic (exact) mass is 446 g/mol. The minimum atomic E-state index is -3.50. The van der Waals surface area contributed by atoms with Crippen molar-refractivity contribution in [2.45, 2.75) is 44.6 Å². The molecule has 0 aliphatic heterocycles. The molecule has 0 bridgehead atoms. The number of sulfonamides is 1. The van der Waals surface area contributed by atoms with Gasteiger partial charge in [0, 0.05) is 25.9 Å². The normalized spacial score (nSPS) is 12.8. The Labute approximate surface area is 181 Å². The SMILES string of the molecule is CCN(CC)S(=O)(=O)c1ccc(C(C)NC(=O)CCc2nc(-c3ccco3)no2)cc1. The highest BCUT2D eigenvalue weighted by Crippen LogP contribution is 2.20. The second-order valence-corrected chi connectivity index (χ2v) is 8.87. The molecule has 1 aromatic carbocycles. The van der Waals surface area contributed by atoms with Gasteiger partial charge in [0.15, 0.2) is 5.76 Å². The van der Waals surface area contributed by atoms with E-state index >= 15 is 0 Å². The minimum Gasteiger partial charge on any atom is -0.461 e. The zero-order chi connectivity index (χ0) is 22.4. The fourth-order valence-corrected chi connectivity index (χ4v) is 4.58. The van der Waals surface area contributed by atoms with Gasteiger partial charge >= 0.3 is 0 Å². The Hall–Kier alpha value is -2.98. The van der Waals surface area contributed by atoms with Crippen LogP contribution in [0.25, 0.3) is 11.6 Å². The number of nitrogens with one attached hydrogen (secondary N) is 1. The van der Waals surface area contributed by atoms with Crippen molar-refractivity contribution < 1.29 is 22.2 Å². The molecule has 1 amide bonds. The van der Waals surface area contributed by atoms with E-state index in [-0.39, 0.29) is 23.3 Å². The molecule has 0 saturated carbocycles. The summed E-state index contributed by atoms with van der Waals surface area (Å²) in [5.74, 6) is 1.01. The van der Waals surface area contributed by atoms with Crippen LogP contribution in [0.4, 0.5) is 0 Å². The fourth-order valence-electron chi connectivity index (χ4n) is 3.12. The molecule has 0 aliphatic carbocycles. The smallest absolute Gasteiger partial charge is 0.243 e. The van der Waals surface area contributed by atoms with Crippen LogP contribution in [0.3, 0.4) is 0 Å². The third kappa shape index (κ3) is 5.39. The van der Waals surface area contributed by atoms with Crippen LogP contribution < -0.4 is 5.32 Å². The molecule has 1 atom stereocenters. The first-order chi connectivity index (χ1) is 14.8. The van der Waals surface area contributed by atoms with Crippen molar-refractivity contribution in [2.75, 3.05) is 13.1 Å². The standard InChI is InChI=1S/C21H26N4O5S/c1-4-25(5-2)31(27,28)17-10-8-16(9-11-17)15(3)22-19(26)12-13-20-23-21(24-30-20)18-7-6-14-29-18/h6-11,14-15H,4-5,12-13H2,1-3H3,(H,22,26). The Balaban J connectivity index is 1.55. The first kappa shape index (κ1) is 22.7. The summed E-state index contributed by atoms with van der Waals surface area (Å²) in [7, 11) is -3.50. The Kier molecular flexibility index (Phi) is 7.24. The van der Waals surface area contributed by atoms with Crippen molar-refractivity contribution in [3.05, 3.63) is 54.1 Å². The predicted octanol–water partition coefficient (Wildman–Crippen LogP) is 3.17. The molecule has 1 unspecified atom stereocenters. The van der Waals surface area contributed by atoms with Gasteiger partial charge in [-0.15, -0.1) is 0 Å². The molecular formula is C21H26N4O5S. The number of furan rings is 1. The molecule has 2 aromatic heterocycles. The number of hydrogen-bond acceptors (Lipinski definition) is 7. The average Bonchev–Trinajstić information content (AvgIpc) is 3.45. The molecule has 9 nitrogen and oxygen atoms in total. The van der Waals surface area contributed by atoms with Gasteiger partial charge in [0.05, 0.1) is 17.2 Å². The molecule has 0 radical (unpaired) electrons. The van der Waals surface area contributed by atoms with E-state index in [2.05, 4.69) is 15.5 Å². The van der Waals surface area contributed by atoms with Crippen LogP contribution in [0, 0.1) is 0 Å². The lowest BCUT2D eigenvalue weighted by Gasteiger charge is -2.19. The highest BCUT2D eigenvalue weighted by atomic mass is 32.2. The first-order valence-electron chi connectivity index (χ1n) is 10.1. The highest BCUT2D eigenvalue weighted by Gasteiger charge is 2.22. The number of amides is 1. The van der Waals surface area contributed by atoms with Gasteiger partial charge in [-0.3, -0.25) is 4.79 Å². The molecule has 0 aliphatic rings. The lowest BCUT2D eigenvalue weighted by atomic mass is 10.1. The number of nitrogens with zero attached hydrogens (tertiary/aromatic N) is 3. The average molecular weight is 447 g/mol. The largest absolute Gasteiger partial charge is 0.461 e. The van der Waals surface area contributed by atoms with E-state index in [9.17, 15) is 13.2 Å². The van der Waals surface area contributed by atoms with E-state index in [0.717, 1.165) is 5.56 Å². The van der Waals surface area contributed by atoms with Gasteiger partial charge < -0.3 is 14.3 Å². The van der Waals surface area contributed by atoms with Crippen LogP contribution in [0.1, 0.15) is 44.7 Å². The molecule has 3 rings (SSSR count). The molecule has 3 aromatic rings. The van der Waals surface area contributed by atoms with Gasteiger partial charge in [0.1, 0.15) is 0 Å². The quantitative estimate of drug-likeness (QED) is 0.508. The van der Waals surface area contributed by atoms with Crippen molar-refractivity contribution >= 4 is 15.9 Å². The highest BCUT2D eigenvalue weighted by molar-refractivity contribution is 7.89. The molecule has 0 spiro atoms. The number of rotatable bonds is 10. The zero-order valence-electron chi connectivity index (χ0n) is 17.7. The lowest BCUT2D eigenvalue weighted by Crippen LogP contribution is -2.30. The summed E-state index contributed by atoms with van der Waals surface area (Å²) in [4.78, 5) is 16.8. The summed E-state index contributed by atoms with van der Waals surface area (Å²) < 4.78 is 36.9. The number of hydrogen-bond donors (Lipinski definition) is 1. The number of carbonyl (C=O) groups is 1. The zero-order valence-corrected chi connectivity index (χ0v) is 18.6. The number of benzene rings is 1. The van der Waals surface area contributed by atoms with E-state index in [1.54, 1.807) is 50.2 Å². The molecule has 0 saturated heterocycles. The molecule has 1 N–H and O–H groups in total. The lowest BCUT2D eigenvalue weighted by molar-refractivity contribution is -0.121. The Morgan fingerprint density at radius 1 is 1.16 bits per heavy atom. The minimum absolute atomic E-state index is 0.176. The fraction of sp³-hybridized carbons (Fsp3) is 0.381.